The van der Waals surface area contributed by atoms with E-state index >= 15 is 0 Å². The molecule has 6 heteroatoms. The molecule has 2 aromatic carbocycles. The van der Waals surface area contributed by atoms with Crippen molar-refractivity contribution in [3.8, 4) is 11.3 Å². The van der Waals surface area contributed by atoms with Crippen molar-refractivity contribution >= 4 is 17.5 Å². The fourth-order valence-corrected chi connectivity index (χ4v) is 4.62. The van der Waals surface area contributed by atoms with E-state index in [1.165, 1.54) is 12.1 Å². The molecule has 1 N–H and O–H groups in total. The van der Waals surface area contributed by atoms with E-state index in [1.54, 1.807) is 23.9 Å². The number of aromatic nitrogens is 2. The van der Waals surface area contributed by atoms with Crippen molar-refractivity contribution in [2.45, 2.75) is 24.3 Å². The van der Waals surface area contributed by atoms with Gasteiger partial charge in [0.25, 0.3) is 0 Å². The summed E-state index contributed by atoms with van der Waals surface area (Å²) in [5.74, 6) is 0.00143. The fraction of sp³-hybridized carbons (Fsp3) is 0.304. The van der Waals surface area contributed by atoms with Gasteiger partial charge in [0.1, 0.15) is 5.82 Å². The number of halogens is 1. The third-order valence-corrected chi connectivity index (χ3v) is 6.29. The Kier molecular flexibility index (Phi) is 6.11. The maximum atomic E-state index is 13.2. The second-order valence-electron chi connectivity index (χ2n) is 7.42. The first-order valence-corrected chi connectivity index (χ1v) is 11.1. The normalized spacial score (nSPS) is 17.4. The van der Waals surface area contributed by atoms with Gasteiger partial charge in [0.05, 0.1) is 11.9 Å². The van der Waals surface area contributed by atoms with Crippen LogP contribution in [-0.4, -0.2) is 40.2 Å². The van der Waals surface area contributed by atoms with Gasteiger partial charge in [-0.25, -0.2) is 4.39 Å². The number of aromatic amines is 1. The smallest absolute Gasteiger partial charge is 0.168 e. The molecule has 1 atom stereocenters. The van der Waals surface area contributed by atoms with Crippen LogP contribution in [0.5, 0.6) is 0 Å². The minimum absolute atomic E-state index is 0.0122. The second kappa shape index (κ2) is 8.93. The average molecular weight is 410 g/mol. The first kappa shape index (κ1) is 19.9. The topological polar surface area (TPSA) is 49.0 Å². The number of thioether (sulfide) groups is 1. The lowest BCUT2D eigenvalue weighted by atomic mass is 9.89. The van der Waals surface area contributed by atoms with Crippen LogP contribution in [0.2, 0.25) is 0 Å². The molecule has 0 aliphatic carbocycles. The lowest BCUT2D eigenvalue weighted by Gasteiger charge is -2.32. The molecular weight excluding hydrogens is 385 g/mol. The van der Waals surface area contributed by atoms with Gasteiger partial charge in [0, 0.05) is 40.6 Å². The second-order valence-corrected chi connectivity index (χ2v) is 8.26. The van der Waals surface area contributed by atoms with Crippen LogP contribution < -0.4 is 0 Å². The summed E-state index contributed by atoms with van der Waals surface area (Å²) in [6.07, 6.45) is 5.76. The van der Waals surface area contributed by atoms with Crippen molar-refractivity contribution in [3.63, 3.8) is 0 Å². The molecule has 1 aliphatic heterocycles. The van der Waals surface area contributed by atoms with Gasteiger partial charge >= 0.3 is 0 Å². The van der Waals surface area contributed by atoms with Crippen LogP contribution in [0.15, 0.2) is 59.6 Å². The number of nitrogens with one attached hydrogen (secondary N) is 1. The van der Waals surface area contributed by atoms with Crippen LogP contribution in [0.1, 0.15) is 28.8 Å². The maximum Gasteiger partial charge on any atom is 0.168 e. The number of benzene rings is 2. The minimum atomic E-state index is -0.252. The van der Waals surface area contributed by atoms with Gasteiger partial charge in [0.15, 0.2) is 5.78 Å². The number of Topliss-reactive ketones (excluding diaryl/α,β-unsaturated/α-hetero) is 1. The standard InChI is InChI=1S/C23H24FN3OS/c1-29-21-7-3-2-6-20(21)23(28)17-5-4-12-27(14-17)15-18-13-25-26-22(18)16-8-10-19(24)11-9-16/h2-3,6-11,13,17H,4-5,12,14-15H2,1H3,(H,25,26). The first-order chi connectivity index (χ1) is 14.2. The van der Waals surface area contributed by atoms with E-state index in [2.05, 4.69) is 15.1 Å². The predicted octanol–water partition coefficient (Wildman–Crippen LogP) is 5.03. The van der Waals surface area contributed by atoms with Gasteiger partial charge in [-0.05, 0) is 56.0 Å². The molecule has 0 bridgehead atoms. The Hall–Kier alpha value is -2.44. The summed E-state index contributed by atoms with van der Waals surface area (Å²) in [4.78, 5) is 16.5. The molecule has 0 radical (unpaired) electrons. The molecule has 29 heavy (non-hydrogen) atoms. The van der Waals surface area contributed by atoms with E-state index in [0.29, 0.717) is 0 Å². The van der Waals surface area contributed by atoms with E-state index < -0.39 is 0 Å². The SMILES string of the molecule is CSc1ccccc1C(=O)C1CCCN(Cc2cn[nH]c2-c2ccc(F)cc2)C1. The summed E-state index contributed by atoms with van der Waals surface area (Å²) in [6.45, 7) is 2.43. The molecule has 2 heterocycles. The molecule has 1 aromatic heterocycles. The number of hydrogen-bond donors (Lipinski definition) is 1. The highest BCUT2D eigenvalue weighted by atomic mass is 32.2. The molecular formula is C23H24FN3OS. The number of ketones is 1. The summed E-state index contributed by atoms with van der Waals surface area (Å²) in [7, 11) is 0. The highest BCUT2D eigenvalue weighted by Crippen LogP contribution is 2.29. The van der Waals surface area contributed by atoms with Crippen LogP contribution in [0.25, 0.3) is 11.3 Å². The number of carbonyl (C=O) groups excluding carboxylic acids is 1. The van der Waals surface area contributed by atoms with Crippen molar-refractivity contribution in [1.29, 1.82) is 0 Å². The highest BCUT2D eigenvalue weighted by Gasteiger charge is 2.28. The predicted molar refractivity (Wildman–Crippen MR) is 115 cm³/mol. The Labute approximate surface area is 174 Å². The van der Waals surface area contributed by atoms with E-state index in [1.807, 2.05) is 36.7 Å². The lowest BCUT2D eigenvalue weighted by Crippen LogP contribution is -2.38. The van der Waals surface area contributed by atoms with Crippen LogP contribution in [0.3, 0.4) is 0 Å². The molecule has 150 valence electrons. The Morgan fingerprint density at radius 2 is 2.03 bits per heavy atom. The summed E-state index contributed by atoms with van der Waals surface area (Å²) in [6, 6.07) is 14.3. The quantitative estimate of drug-likeness (QED) is 0.458. The zero-order valence-corrected chi connectivity index (χ0v) is 17.2. The number of likely N-dealkylation sites (tertiary alicyclic amines) is 1. The van der Waals surface area contributed by atoms with Gasteiger partial charge in [-0.15, -0.1) is 11.8 Å². The average Bonchev–Trinajstić information content (AvgIpc) is 3.22. The van der Waals surface area contributed by atoms with Crippen LogP contribution in [-0.2, 0) is 6.54 Å². The summed E-state index contributed by atoms with van der Waals surface area (Å²) >= 11 is 1.62. The summed E-state index contributed by atoms with van der Waals surface area (Å²) < 4.78 is 13.2. The first-order valence-electron chi connectivity index (χ1n) is 9.83. The molecule has 1 saturated heterocycles. The number of H-pyrrole nitrogens is 1. The Morgan fingerprint density at radius 3 is 2.83 bits per heavy atom. The molecule has 0 spiro atoms. The number of piperidine rings is 1. The highest BCUT2D eigenvalue weighted by molar-refractivity contribution is 7.98. The van der Waals surface area contributed by atoms with Crippen LogP contribution in [0.4, 0.5) is 4.39 Å². The van der Waals surface area contributed by atoms with Crippen LogP contribution in [0, 0.1) is 11.7 Å². The monoisotopic (exact) mass is 409 g/mol. The minimum Gasteiger partial charge on any atom is -0.298 e. The molecule has 1 aliphatic rings. The van der Waals surface area contributed by atoms with Gasteiger partial charge < -0.3 is 0 Å². The van der Waals surface area contributed by atoms with Crippen molar-refractivity contribution in [2.24, 2.45) is 5.92 Å². The Balaban J connectivity index is 1.48. The van der Waals surface area contributed by atoms with Crippen molar-refractivity contribution in [3.05, 3.63) is 71.7 Å². The third-order valence-electron chi connectivity index (χ3n) is 5.49. The molecule has 1 unspecified atom stereocenters. The zero-order valence-electron chi connectivity index (χ0n) is 16.4. The number of hydrogen-bond acceptors (Lipinski definition) is 4. The number of carbonyl (C=O) groups is 1. The third kappa shape index (κ3) is 4.43. The molecule has 3 aromatic rings. The van der Waals surface area contributed by atoms with Gasteiger partial charge in [-0.3, -0.25) is 14.8 Å². The molecule has 1 fully saturated rings. The number of nitrogens with zero attached hydrogens (tertiary/aromatic N) is 2. The van der Waals surface area contributed by atoms with Gasteiger partial charge in [0.2, 0.25) is 0 Å². The van der Waals surface area contributed by atoms with Crippen molar-refractivity contribution < 1.29 is 9.18 Å². The Bertz CT molecular complexity index is 986. The van der Waals surface area contributed by atoms with Gasteiger partial charge in [-0.2, -0.15) is 5.10 Å². The van der Waals surface area contributed by atoms with E-state index in [0.717, 1.165) is 59.8 Å². The van der Waals surface area contributed by atoms with Crippen molar-refractivity contribution in [2.75, 3.05) is 19.3 Å². The van der Waals surface area contributed by atoms with E-state index in [4.69, 9.17) is 0 Å². The van der Waals surface area contributed by atoms with Crippen molar-refractivity contribution in [1.82, 2.24) is 15.1 Å². The summed E-state index contributed by atoms with van der Waals surface area (Å²) in [5, 5.41) is 7.23. The van der Waals surface area contributed by atoms with Crippen LogP contribution >= 0.6 is 11.8 Å². The molecule has 0 saturated carbocycles. The lowest BCUT2D eigenvalue weighted by molar-refractivity contribution is 0.0809. The molecule has 4 rings (SSSR count). The maximum absolute atomic E-state index is 13.2. The fourth-order valence-electron chi connectivity index (χ4n) is 4.02. The van der Waals surface area contributed by atoms with E-state index in [9.17, 15) is 9.18 Å². The summed E-state index contributed by atoms with van der Waals surface area (Å²) in [5.41, 5.74) is 3.72. The Morgan fingerprint density at radius 1 is 1.24 bits per heavy atom. The zero-order chi connectivity index (χ0) is 20.2. The number of rotatable bonds is 6. The largest absolute Gasteiger partial charge is 0.298 e. The molecule has 4 nitrogen and oxygen atoms in total. The van der Waals surface area contributed by atoms with Gasteiger partial charge in [-0.1, -0.05) is 18.2 Å². The molecule has 0 amide bonds. The van der Waals surface area contributed by atoms with E-state index in [-0.39, 0.29) is 17.5 Å².